The first kappa shape index (κ1) is 9.39. The van der Waals surface area contributed by atoms with Gasteiger partial charge in [-0.25, -0.2) is 4.68 Å². The SMILES string of the molecule is CC1CNc2cc(-c3ccncc3)nn2C1. The first-order valence-corrected chi connectivity index (χ1v) is 5.55. The van der Waals surface area contributed by atoms with Gasteiger partial charge in [0.1, 0.15) is 5.82 Å². The maximum atomic E-state index is 4.60. The Morgan fingerprint density at radius 3 is 3.00 bits per heavy atom. The van der Waals surface area contributed by atoms with E-state index < -0.39 is 0 Å². The van der Waals surface area contributed by atoms with E-state index in [4.69, 9.17) is 0 Å². The van der Waals surface area contributed by atoms with Crippen LogP contribution < -0.4 is 5.32 Å². The molecule has 16 heavy (non-hydrogen) atoms. The van der Waals surface area contributed by atoms with E-state index in [1.165, 1.54) is 0 Å². The Morgan fingerprint density at radius 1 is 1.38 bits per heavy atom. The van der Waals surface area contributed by atoms with Crippen LogP contribution in [-0.4, -0.2) is 21.3 Å². The molecule has 2 aromatic rings. The summed E-state index contributed by atoms with van der Waals surface area (Å²) in [6.45, 7) is 4.25. The van der Waals surface area contributed by atoms with E-state index in [0.29, 0.717) is 5.92 Å². The average molecular weight is 214 g/mol. The number of nitrogens with zero attached hydrogens (tertiary/aromatic N) is 3. The monoisotopic (exact) mass is 214 g/mol. The molecule has 0 spiro atoms. The quantitative estimate of drug-likeness (QED) is 0.789. The smallest absolute Gasteiger partial charge is 0.124 e. The van der Waals surface area contributed by atoms with Gasteiger partial charge in [0.05, 0.1) is 5.69 Å². The largest absolute Gasteiger partial charge is 0.370 e. The van der Waals surface area contributed by atoms with Gasteiger partial charge in [-0.15, -0.1) is 0 Å². The second-order valence-electron chi connectivity index (χ2n) is 4.32. The van der Waals surface area contributed by atoms with Crippen molar-refractivity contribution < 1.29 is 0 Å². The van der Waals surface area contributed by atoms with Crippen LogP contribution in [0, 0.1) is 5.92 Å². The third-order valence-electron chi connectivity index (χ3n) is 2.87. The molecule has 0 saturated heterocycles. The third kappa shape index (κ3) is 1.56. The minimum absolute atomic E-state index is 0.637. The van der Waals surface area contributed by atoms with Crippen LogP contribution in [0.1, 0.15) is 6.92 Å². The van der Waals surface area contributed by atoms with Crippen molar-refractivity contribution in [3.63, 3.8) is 0 Å². The molecule has 0 radical (unpaired) electrons. The van der Waals surface area contributed by atoms with Crippen LogP contribution in [0.2, 0.25) is 0 Å². The molecule has 4 heteroatoms. The molecule has 0 aliphatic carbocycles. The number of anilines is 1. The van der Waals surface area contributed by atoms with E-state index in [1.54, 1.807) is 12.4 Å². The van der Waals surface area contributed by atoms with E-state index in [2.05, 4.69) is 28.4 Å². The predicted octanol–water partition coefficient (Wildman–Crippen LogP) is 2.01. The first-order valence-electron chi connectivity index (χ1n) is 5.55. The normalized spacial score (nSPS) is 18.9. The van der Waals surface area contributed by atoms with Crippen LogP contribution in [0.15, 0.2) is 30.6 Å². The molecule has 0 aromatic carbocycles. The lowest BCUT2D eigenvalue weighted by Gasteiger charge is -2.21. The van der Waals surface area contributed by atoms with Crippen molar-refractivity contribution in [2.45, 2.75) is 13.5 Å². The second-order valence-corrected chi connectivity index (χ2v) is 4.32. The molecule has 0 fully saturated rings. The topological polar surface area (TPSA) is 42.7 Å². The maximum absolute atomic E-state index is 4.60. The zero-order valence-electron chi connectivity index (χ0n) is 9.22. The Hall–Kier alpha value is -1.84. The summed E-state index contributed by atoms with van der Waals surface area (Å²) in [4.78, 5) is 4.01. The zero-order chi connectivity index (χ0) is 11.0. The molecule has 2 aromatic heterocycles. The molecule has 3 heterocycles. The van der Waals surface area contributed by atoms with Crippen molar-refractivity contribution in [2.75, 3.05) is 11.9 Å². The molecule has 4 nitrogen and oxygen atoms in total. The molecule has 0 bridgehead atoms. The molecular weight excluding hydrogens is 200 g/mol. The Balaban J connectivity index is 1.99. The van der Waals surface area contributed by atoms with Crippen LogP contribution in [0.4, 0.5) is 5.82 Å². The number of nitrogens with one attached hydrogen (secondary N) is 1. The van der Waals surface area contributed by atoms with Crippen LogP contribution >= 0.6 is 0 Å². The minimum Gasteiger partial charge on any atom is -0.370 e. The molecule has 1 atom stereocenters. The molecule has 0 saturated carbocycles. The third-order valence-corrected chi connectivity index (χ3v) is 2.87. The summed E-state index contributed by atoms with van der Waals surface area (Å²) in [5.41, 5.74) is 2.13. The van der Waals surface area contributed by atoms with Gasteiger partial charge in [-0.1, -0.05) is 6.92 Å². The molecule has 1 aliphatic heterocycles. The van der Waals surface area contributed by atoms with E-state index in [0.717, 1.165) is 30.2 Å². The van der Waals surface area contributed by atoms with E-state index in [-0.39, 0.29) is 0 Å². The highest BCUT2D eigenvalue weighted by molar-refractivity contribution is 5.62. The van der Waals surface area contributed by atoms with Crippen LogP contribution in [0.3, 0.4) is 0 Å². The molecule has 0 amide bonds. The Bertz CT molecular complexity index is 489. The van der Waals surface area contributed by atoms with Crippen LogP contribution in [0.5, 0.6) is 0 Å². The van der Waals surface area contributed by atoms with E-state index in [1.807, 2.05) is 16.8 Å². The van der Waals surface area contributed by atoms with Gasteiger partial charge in [0, 0.05) is 37.1 Å². The summed E-state index contributed by atoms with van der Waals surface area (Å²) in [6.07, 6.45) is 3.59. The van der Waals surface area contributed by atoms with Crippen molar-refractivity contribution in [2.24, 2.45) is 5.92 Å². The fourth-order valence-corrected chi connectivity index (χ4v) is 2.00. The van der Waals surface area contributed by atoms with Crippen molar-refractivity contribution in [3.05, 3.63) is 30.6 Å². The minimum atomic E-state index is 0.637. The molecule has 1 N–H and O–H groups in total. The average Bonchev–Trinajstić information content (AvgIpc) is 2.73. The lowest BCUT2D eigenvalue weighted by molar-refractivity contribution is 0.446. The standard InChI is InChI=1S/C12H14N4/c1-9-7-14-12-6-11(15-16(12)8-9)10-2-4-13-5-3-10/h2-6,9,14H,7-8H2,1H3. The number of rotatable bonds is 1. The Kier molecular flexibility index (Phi) is 2.13. The molecule has 1 unspecified atom stereocenters. The van der Waals surface area contributed by atoms with Gasteiger partial charge in [-0.3, -0.25) is 4.98 Å². The number of hydrogen-bond donors (Lipinski definition) is 1. The molecular formula is C12H14N4. The maximum Gasteiger partial charge on any atom is 0.124 e. The van der Waals surface area contributed by atoms with Gasteiger partial charge in [-0.05, 0) is 18.1 Å². The first-order chi connectivity index (χ1) is 7.83. The van der Waals surface area contributed by atoms with Crippen LogP contribution in [0.25, 0.3) is 11.3 Å². The van der Waals surface area contributed by atoms with Crippen molar-refractivity contribution in [1.29, 1.82) is 0 Å². The highest BCUT2D eigenvalue weighted by Gasteiger charge is 2.16. The Morgan fingerprint density at radius 2 is 2.19 bits per heavy atom. The number of aromatic nitrogens is 3. The number of hydrogen-bond acceptors (Lipinski definition) is 3. The number of fused-ring (bicyclic) bond motifs is 1. The summed E-state index contributed by atoms with van der Waals surface area (Å²) in [5, 5.41) is 7.99. The van der Waals surface area contributed by atoms with Crippen molar-refractivity contribution in [1.82, 2.24) is 14.8 Å². The zero-order valence-corrected chi connectivity index (χ0v) is 9.22. The lowest BCUT2D eigenvalue weighted by atomic mass is 10.1. The fourth-order valence-electron chi connectivity index (χ4n) is 2.00. The number of pyridine rings is 1. The Labute approximate surface area is 94.3 Å². The van der Waals surface area contributed by atoms with Crippen molar-refractivity contribution in [3.8, 4) is 11.3 Å². The molecule has 82 valence electrons. The van der Waals surface area contributed by atoms with Gasteiger partial charge in [-0.2, -0.15) is 5.10 Å². The highest BCUT2D eigenvalue weighted by atomic mass is 15.3. The summed E-state index contributed by atoms with van der Waals surface area (Å²) in [6, 6.07) is 6.07. The summed E-state index contributed by atoms with van der Waals surface area (Å²) < 4.78 is 2.05. The van der Waals surface area contributed by atoms with Gasteiger partial charge >= 0.3 is 0 Å². The van der Waals surface area contributed by atoms with Gasteiger partial charge < -0.3 is 5.32 Å². The van der Waals surface area contributed by atoms with E-state index in [9.17, 15) is 0 Å². The molecule has 3 rings (SSSR count). The highest BCUT2D eigenvalue weighted by Crippen LogP contribution is 2.24. The fraction of sp³-hybridized carbons (Fsp3) is 0.333. The summed E-state index contributed by atoms with van der Waals surface area (Å²) in [5.74, 6) is 1.75. The summed E-state index contributed by atoms with van der Waals surface area (Å²) in [7, 11) is 0. The van der Waals surface area contributed by atoms with Gasteiger partial charge in [0.15, 0.2) is 0 Å². The second kappa shape index (κ2) is 3.63. The lowest BCUT2D eigenvalue weighted by Crippen LogP contribution is -2.25. The van der Waals surface area contributed by atoms with E-state index >= 15 is 0 Å². The van der Waals surface area contributed by atoms with Gasteiger partial charge in [0.25, 0.3) is 0 Å². The van der Waals surface area contributed by atoms with Crippen LogP contribution in [-0.2, 0) is 6.54 Å². The summed E-state index contributed by atoms with van der Waals surface area (Å²) >= 11 is 0. The van der Waals surface area contributed by atoms with Gasteiger partial charge in [0.2, 0.25) is 0 Å². The van der Waals surface area contributed by atoms with Crippen molar-refractivity contribution >= 4 is 5.82 Å². The predicted molar refractivity (Wildman–Crippen MR) is 63.1 cm³/mol. The molecule has 1 aliphatic rings.